The molecule has 1 rings (SSSR count). The van der Waals surface area contributed by atoms with E-state index in [1.165, 1.54) is 70.8 Å². The molecule has 1 nitrogen and oxygen atoms in total. The maximum atomic E-state index is 3.76. The Balaban J connectivity index is 1.97. The summed E-state index contributed by atoms with van der Waals surface area (Å²) in [6.07, 6.45) is 14.2. The lowest BCUT2D eigenvalue weighted by Crippen LogP contribution is -2.33. The van der Waals surface area contributed by atoms with Gasteiger partial charge < -0.3 is 5.32 Å². The van der Waals surface area contributed by atoms with Crippen molar-refractivity contribution in [2.45, 2.75) is 91.0 Å². The lowest BCUT2D eigenvalue weighted by Gasteiger charge is -2.28. The first-order chi connectivity index (χ1) is 8.72. The van der Waals surface area contributed by atoms with E-state index in [2.05, 4.69) is 26.1 Å². The Morgan fingerprint density at radius 1 is 1.11 bits per heavy atom. The van der Waals surface area contributed by atoms with Crippen LogP contribution in [0.3, 0.4) is 0 Å². The van der Waals surface area contributed by atoms with Gasteiger partial charge in [0.1, 0.15) is 0 Å². The zero-order chi connectivity index (χ0) is 13.2. The van der Waals surface area contributed by atoms with E-state index in [0.717, 1.165) is 17.9 Å². The molecule has 108 valence electrons. The summed E-state index contributed by atoms with van der Waals surface area (Å²) in [6, 6.07) is 0.726. The normalized spacial score (nSPS) is 26.2. The fourth-order valence-corrected chi connectivity index (χ4v) is 3.27. The fourth-order valence-electron chi connectivity index (χ4n) is 3.27. The fraction of sp³-hybridized carbons (Fsp3) is 1.00. The van der Waals surface area contributed by atoms with E-state index in [-0.39, 0.29) is 0 Å². The molecule has 0 bridgehead atoms. The van der Waals surface area contributed by atoms with Gasteiger partial charge in [-0.15, -0.1) is 0 Å². The van der Waals surface area contributed by atoms with Crippen molar-refractivity contribution in [2.75, 3.05) is 6.54 Å². The van der Waals surface area contributed by atoms with Gasteiger partial charge in [-0.25, -0.2) is 0 Å². The van der Waals surface area contributed by atoms with Crippen molar-refractivity contribution in [1.29, 1.82) is 0 Å². The Labute approximate surface area is 115 Å². The van der Waals surface area contributed by atoms with Crippen LogP contribution in [0.25, 0.3) is 0 Å². The summed E-state index contributed by atoms with van der Waals surface area (Å²) in [5.74, 6) is 1.92. The molecule has 1 N–H and O–H groups in total. The van der Waals surface area contributed by atoms with Gasteiger partial charge in [0.2, 0.25) is 0 Å². The van der Waals surface area contributed by atoms with Crippen molar-refractivity contribution in [2.24, 2.45) is 11.8 Å². The molecule has 3 unspecified atom stereocenters. The topological polar surface area (TPSA) is 12.0 Å². The van der Waals surface area contributed by atoms with Gasteiger partial charge in [-0.3, -0.25) is 0 Å². The third-order valence-electron chi connectivity index (χ3n) is 4.54. The number of rotatable bonds is 9. The van der Waals surface area contributed by atoms with Crippen LogP contribution in [-0.2, 0) is 0 Å². The van der Waals surface area contributed by atoms with Crippen LogP contribution in [0.1, 0.15) is 85.0 Å². The van der Waals surface area contributed by atoms with Gasteiger partial charge in [-0.2, -0.15) is 0 Å². The highest BCUT2D eigenvalue weighted by molar-refractivity contribution is 4.73. The zero-order valence-electron chi connectivity index (χ0n) is 13.0. The molecule has 0 amide bonds. The molecule has 0 heterocycles. The van der Waals surface area contributed by atoms with Crippen molar-refractivity contribution >= 4 is 0 Å². The van der Waals surface area contributed by atoms with E-state index in [0.29, 0.717) is 0 Å². The van der Waals surface area contributed by atoms with Gasteiger partial charge in [0.25, 0.3) is 0 Å². The number of nitrogens with one attached hydrogen (secondary N) is 1. The molecule has 0 radical (unpaired) electrons. The Kier molecular flexibility index (Phi) is 8.75. The second kappa shape index (κ2) is 9.83. The summed E-state index contributed by atoms with van der Waals surface area (Å²) in [4.78, 5) is 0. The van der Waals surface area contributed by atoms with Crippen LogP contribution < -0.4 is 5.32 Å². The highest BCUT2D eigenvalue weighted by Crippen LogP contribution is 2.28. The van der Waals surface area contributed by atoms with Crippen LogP contribution in [0.5, 0.6) is 0 Å². The Hall–Kier alpha value is -0.0400. The summed E-state index contributed by atoms with van der Waals surface area (Å²) in [5, 5.41) is 3.76. The van der Waals surface area contributed by atoms with Crippen LogP contribution in [0.4, 0.5) is 0 Å². The minimum absolute atomic E-state index is 0.726. The summed E-state index contributed by atoms with van der Waals surface area (Å²) < 4.78 is 0. The molecule has 1 aliphatic rings. The van der Waals surface area contributed by atoms with Gasteiger partial charge in [-0.1, -0.05) is 58.8 Å². The van der Waals surface area contributed by atoms with Crippen LogP contribution in [0.15, 0.2) is 0 Å². The van der Waals surface area contributed by atoms with Gasteiger partial charge in [0.05, 0.1) is 0 Å². The third kappa shape index (κ3) is 7.41. The van der Waals surface area contributed by atoms with E-state index < -0.39 is 0 Å². The first-order valence-electron chi connectivity index (χ1n) is 8.45. The van der Waals surface area contributed by atoms with Crippen LogP contribution >= 0.6 is 0 Å². The highest BCUT2D eigenvalue weighted by atomic mass is 14.9. The molecule has 0 aromatic carbocycles. The second-order valence-corrected chi connectivity index (χ2v) is 6.65. The van der Waals surface area contributed by atoms with Gasteiger partial charge in [-0.05, 0) is 44.6 Å². The van der Waals surface area contributed by atoms with Crippen molar-refractivity contribution in [3.63, 3.8) is 0 Å². The predicted molar refractivity (Wildman–Crippen MR) is 82.0 cm³/mol. The first kappa shape index (κ1) is 16.0. The van der Waals surface area contributed by atoms with E-state index >= 15 is 0 Å². The quantitative estimate of drug-likeness (QED) is 0.560. The first-order valence-corrected chi connectivity index (χ1v) is 8.45. The van der Waals surface area contributed by atoms with Crippen LogP contribution in [-0.4, -0.2) is 12.6 Å². The molecule has 0 spiro atoms. The number of hydrogen-bond donors (Lipinski definition) is 1. The Morgan fingerprint density at radius 3 is 2.61 bits per heavy atom. The van der Waals surface area contributed by atoms with Crippen LogP contribution in [0, 0.1) is 11.8 Å². The van der Waals surface area contributed by atoms with Crippen molar-refractivity contribution in [1.82, 2.24) is 5.32 Å². The molecule has 1 heteroatoms. The predicted octanol–water partition coefficient (Wildman–Crippen LogP) is 5.15. The molecule has 0 aromatic rings. The lowest BCUT2D eigenvalue weighted by atomic mass is 9.82. The Morgan fingerprint density at radius 2 is 1.89 bits per heavy atom. The van der Waals surface area contributed by atoms with Crippen molar-refractivity contribution < 1.29 is 0 Å². The van der Waals surface area contributed by atoms with Gasteiger partial charge in [0.15, 0.2) is 0 Å². The van der Waals surface area contributed by atoms with E-state index in [1.54, 1.807) is 0 Å². The van der Waals surface area contributed by atoms with Crippen molar-refractivity contribution in [3.8, 4) is 0 Å². The molecule has 18 heavy (non-hydrogen) atoms. The van der Waals surface area contributed by atoms with Crippen LogP contribution in [0.2, 0.25) is 0 Å². The monoisotopic (exact) mass is 253 g/mol. The molecule has 1 fully saturated rings. The molecule has 0 aliphatic heterocycles. The smallest absolute Gasteiger partial charge is 0.00388 e. The maximum absolute atomic E-state index is 3.76. The molecule has 0 aromatic heterocycles. The van der Waals surface area contributed by atoms with Crippen molar-refractivity contribution in [3.05, 3.63) is 0 Å². The summed E-state index contributed by atoms with van der Waals surface area (Å²) in [7, 11) is 0. The van der Waals surface area contributed by atoms with Gasteiger partial charge in [0, 0.05) is 6.04 Å². The molecule has 1 aliphatic carbocycles. The zero-order valence-corrected chi connectivity index (χ0v) is 13.0. The number of hydrogen-bond acceptors (Lipinski definition) is 1. The Bertz CT molecular complexity index is 190. The largest absolute Gasteiger partial charge is 0.314 e. The highest BCUT2D eigenvalue weighted by Gasteiger charge is 2.18. The summed E-state index contributed by atoms with van der Waals surface area (Å²) in [5.41, 5.74) is 0. The van der Waals surface area contributed by atoms with E-state index in [9.17, 15) is 0 Å². The second-order valence-electron chi connectivity index (χ2n) is 6.65. The SMILES string of the molecule is CCCCCCCC(C)NCC1CCCC(C)C1. The van der Waals surface area contributed by atoms with E-state index in [1.807, 2.05) is 0 Å². The summed E-state index contributed by atoms with van der Waals surface area (Å²) >= 11 is 0. The minimum atomic E-state index is 0.726. The minimum Gasteiger partial charge on any atom is -0.314 e. The molecule has 3 atom stereocenters. The number of unbranched alkanes of at least 4 members (excludes halogenated alkanes) is 4. The van der Waals surface area contributed by atoms with E-state index in [4.69, 9.17) is 0 Å². The molecular formula is C17H35N. The average Bonchev–Trinajstić information content (AvgIpc) is 2.36. The van der Waals surface area contributed by atoms with Gasteiger partial charge >= 0.3 is 0 Å². The average molecular weight is 253 g/mol. The maximum Gasteiger partial charge on any atom is 0.00388 e. The molecule has 0 saturated heterocycles. The molecule has 1 saturated carbocycles. The third-order valence-corrected chi connectivity index (χ3v) is 4.54. The molecular weight excluding hydrogens is 218 g/mol. The summed E-state index contributed by atoms with van der Waals surface area (Å²) in [6.45, 7) is 8.34. The standard InChI is InChI=1S/C17H35N/c1-4-5-6-7-8-11-16(3)18-14-17-12-9-10-15(2)13-17/h15-18H,4-14H2,1-3H3. The lowest BCUT2D eigenvalue weighted by molar-refractivity contribution is 0.266.